The summed E-state index contributed by atoms with van der Waals surface area (Å²) >= 11 is 8.34. The Morgan fingerprint density at radius 3 is 2.03 bits per heavy atom. The molecule has 0 aliphatic heterocycles. The molecule has 0 heterocycles. The Morgan fingerprint density at radius 1 is 1.03 bits per heavy atom. The van der Waals surface area contributed by atoms with Crippen molar-refractivity contribution in [2.24, 2.45) is 11.5 Å². The maximum Gasteiger partial charge on any atom is 0.412 e. The third-order valence-corrected chi connectivity index (χ3v) is 8.23. The van der Waals surface area contributed by atoms with Crippen molar-refractivity contribution in [3.8, 4) is 17.2 Å². The molecule has 2 aromatic carbocycles. The van der Waals surface area contributed by atoms with E-state index in [-0.39, 0.29) is 12.2 Å². The van der Waals surface area contributed by atoms with Gasteiger partial charge in [-0.05, 0) is 160 Å². The van der Waals surface area contributed by atoms with E-state index in [4.69, 9.17) is 20.9 Å². The van der Waals surface area contributed by atoms with Crippen molar-refractivity contribution in [3.05, 3.63) is 44.1 Å². The number of aromatic hydroxyl groups is 1. The van der Waals surface area contributed by atoms with Crippen molar-refractivity contribution in [1.82, 2.24) is 4.90 Å². The van der Waals surface area contributed by atoms with E-state index in [1.807, 2.05) is 57.3 Å². The molecule has 2 aromatic rings. The number of rotatable bonds is 10. The van der Waals surface area contributed by atoms with Gasteiger partial charge in [-0.3, -0.25) is 4.90 Å². The van der Waals surface area contributed by atoms with Crippen LogP contribution in [-0.4, -0.2) is 51.5 Å². The first-order chi connectivity index (χ1) is 17.1. The molecule has 0 aliphatic carbocycles. The van der Waals surface area contributed by atoms with Gasteiger partial charge in [-0.2, -0.15) is 0 Å². The number of carbonyl (C=O) groups excluding carboxylic acids is 1. The molecule has 2 rings (SSSR count). The number of benzene rings is 2. The Bertz CT molecular complexity index is 1100. The van der Waals surface area contributed by atoms with Crippen LogP contribution in [0.4, 0.5) is 4.79 Å². The third kappa shape index (κ3) is 9.64. The molecule has 0 fully saturated rings. The smallest absolute Gasteiger partial charge is 0.412 e. The van der Waals surface area contributed by atoms with Gasteiger partial charge in [0, 0.05) is 6.42 Å². The number of carbonyl (C=O) groups is 2. The number of phenols is 1. The lowest BCUT2D eigenvalue weighted by molar-refractivity contribution is -0.144. The second-order valence-electron chi connectivity index (χ2n) is 9.17. The van der Waals surface area contributed by atoms with Gasteiger partial charge in [0.05, 0.1) is 20.4 Å². The van der Waals surface area contributed by atoms with Crippen molar-refractivity contribution >= 4 is 102 Å². The molecule has 9 nitrogen and oxygen atoms in total. The molecule has 0 radical (unpaired) electrons. The minimum atomic E-state index is -1.25. The predicted octanol–water partition coefficient (Wildman–Crippen LogP) is 5.86. The fraction of sp³-hybridized carbons (Fsp3) is 0.417. The summed E-state index contributed by atoms with van der Waals surface area (Å²) < 4.78 is 14.5. The zero-order valence-electron chi connectivity index (χ0n) is 20.4. The van der Waals surface area contributed by atoms with Crippen LogP contribution in [0.5, 0.6) is 17.2 Å². The van der Waals surface area contributed by atoms with Gasteiger partial charge in [0.15, 0.2) is 5.75 Å². The van der Waals surface area contributed by atoms with E-state index >= 15 is 0 Å². The third-order valence-electron chi connectivity index (χ3n) is 4.98. The van der Waals surface area contributed by atoms with Gasteiger partial charge in [-0.25, -0.2) is 9.59 Å². The summed E-state index contributed by atoms with van der Waals surface area (Å²) in [7, 11) is 0. The van der Waals surface area contributed by atoms with E-state index < -0.39 is 29.9 Å². The number of nitrogens with zero attached hydrogens (tertiary/aromatic N) is 1. The maximum absolute atomic E-state index is 13.1. The van der Waals surface area contributed by atoms with Crippen LogP contribution >= 0.6 is 90.4 Å². The largest absolute Gasteiger partial charge is 0.506 e. The Kier molecular flexibility index (Phi) is 12.7. The van der Waals surface area contributed by atoms with Crippen molar-refractivity contribution < 1.29 is 29.3 Å². The van der Waals surface area contributed by atoms with Crippen LogP contribution in [0, 0.1) is 14.3 Å². The summed E-state index contributed by atoms with van der Waals surface area (Å²) in [6.45, 7) is 5.50. The minimum absolute atomic E-state index is 0.0200. The van der Waals surface area contributed by atoms with E-state index in [9.17, 15) is 19.8 Å². The number of hydrogen-bond acceptors (Lipinski definition) is 7. The number of carboxylic acids is 1. The highest BCUT2D eigenvalue weighted by Crippen LogP contribution is 2.37. The first kappa shape index (κ1) is 32.8. The Hall–Kier alpha value is -0.380. The fourth-order valence-corrected chi connectivity index (χ4v) is 7.18. The Morgan fingerprint density at radius 2 is 1.57 bits per heavy atom. The van der Waals surface area contributed by atoms with Crippen molar-refractivity contribution in [2.75, 3.05) is 6.54 Å². The molecule has 2 atom stereocenters. The van der Waals surface area contributed by atoms with Crippen LogP contribution in [-0.2, 0) is 16.0 Å². The minimum Gasteiger partial charge on any atom is -0.506 e. The average Bonchev–Trinajstić information content (AvgIpc) is 2.76. The molecule has 0 aromatic heterocycles. The van der Waals surface area contributed by atoms with E-state index in [0.29, 0.717) is 43.6 Å². The van der Waals surface area contributed by atoms with Gasteiger partial charge in [-0.15, -0.1) is 0 Å². The van der Waals surface area contributed by atoms with Crippen LogP contribution in [0.15, 0.2) is 24.3 Å². The Balaban J connectivity index is 2.39. The van der Waals surface area contributed by atoms with Gasteiger partial charge in [0.25, 0.3) is 0 Å². The van der Waals surface area contributed by atoms with Crippen LogP contribution in [0.2, 0.25) is 0 Å². The summed E-state index contributed by atoms with van der Waals surface area (Å²) in [4.78, 5) is 26.5. The molecule has 0 bridgehead atoms. The topological polar surface area (TPSA) is 148 Å². The monoisotopic (exact) mass is 963 g/mol. The quantitative estimate of drug-likeness (QED) is 0.171. The van der Waals surface area contributed by atoms with Crippen LogP contribution in [0.25, 0.3) is 0 Å². The maximum atomic E-state index is 13.1. The molecule has 204 valence electrons. The number of carboxylic acid groups (broad SMARTS) is 1. The lowest BCUT2D eigenvalue weighted by atomic mass is 10.0. The molecule has 6 N–H and O–H groups in total. The highest BCUT2D eigenvalue weighted by atomic mass is 127. The van der Waals surface area contributed by atoms with E-state index in [2.05, 4.69) is 45.2 Å². The van der Waals surface area contributed by atoms with E-state index in [1.54, 1.807) is 32.9 Å². The summed E-state index contributed by atoms with van der Waals surface area (Å²) in [5, 5.41) is 20.1. The normalized spacial score (nSPS) is 13.1. The zero-order chi connectivity index (χ0) is 28.1. The highest BCUT2D eigenvalue weighted by Gasteiger charge is 2.36. The number of amides is 1. The van der Waals surface area contributed by atoms with Gasteiger partial charge < -0.3 is 31.2 Å². The Labute approximate surface area is 270 Å². The lowest BCUT2D eigenvalue weighted by Crippen LogP contribution is -2.56. The van der Waals surface area contributed by atoms with Crippen molar-refractivity contribution in [3.63, 3.8) is 0 Å². The molecule has 0 spiro atoms. The van der Waals surface area contributed by atoms with E-state index in [0.717, 1.165) is 12.0 Å². The second-order valence-corrected chi connectivity index (χ2v) is 13.8. The first-order valence-corrected chi connectivity index (χ1v) is 15.5. The van der Waals surface area contributed by atoms with Gasteiger partial charge in [0.2, 0.25) is 0 Å². The zero-order valence-corrected chi connectivity index (χ0v) is 29.1. The lowest BCUT2D eigenvalue weighted by Gasteiger charge is -2.35. The molecule has 13 heteroatoms. The SMILES string of the molecule is CC(C)(C)OC(=O)N(C(N)CCCN)[C@H](Cc1cc(I)c(Oc2cc(I)c(O)c(I)c2)c(I)c1)C(=O)O. The number of phenolic OH excluding ortho intramolecular Hbond substituents is 1. The molecular weight excluding hydrogens is 934 g/mol. The predicted molar refractivity (Wildman–Crippen MR) is 175 cm³/mol. The summed E-state index contributed by atoms with van der Waals surface area (Å²) in [6, 6.07) is 5.87. The van der Waals surface area contributed by atoms with E-state index in [1.165, 1.54) is 0 Å². The summed E-state index contributed by atoms with van der Waals surface area (Å²) in [5.41, 5.74) is 11.8. The molecule has 0 aliphatic rings. The fourth-order valence-electron chi connectivity index (χ4n) is 3.35. The van der Waals surface area contributed by atoms with Gasteiger partial charge >= 0.3 is 12.1 Å². The second kappa shape index (κ2) is 14.3. The average molecular weight is 963 g/mol. The molecule has 37 heavy (non-hydrogen) atoms. The molecular formula is C24H29I4N3O6. The summed E-state index contributed by atoms with van der Waals surface area (Å²) in [6.07, 6.45) is -0.772. The number of nitrogens with two attached hydrogens (primary N) is 2. The number of ether oxygens (including phenoxy) is 2. The van der Waals surface area contributed by atoms with Gasteiger partial charge in [0.1, 0.15) is 23.1 Å². The van der Waals surface area contributed by atoms with Crippen molar-refractivity contribution in [2.45, 2.75) is 57.8 Å². The molecule has 1 unspecified atom stereocenters. The highest BCUT2D eigenvalue weighted by molar-refractivity contribution is 14.1. The molecule has 0 saturated heterocycles. The summed E-state index contributed by atoms with van der Waals surface area (Å²) in [5.74, 6) is 0.193. The number of aliphatic carboxylic acids is 1. The molecule has 0 saturated carbocycles. The van der Waals surface area contributed by atoms with Crippen LogP contribution in [0.3, 0.4) is 0 Å². The van der Waals surface area contributed by atoms with Crippen LogP contribution in [0.1, 0.15) is 39.2 Å². The molecule has 1 amide bonds. The number of halogens is 4. The van der Waals surface area contributed by atoms with Crippen molar-refractivity contribution in [1.29, 1.82) is 0 Å². The van der Waals surface area contributed by atoms with Crippen LogP contribution < -0.4 is 16.2 Å². The standard InChI is InChI=1S/C24H29I4N3O6/c1-24(2,3)37-23(35)31(19(30)5-4-6-29)18(22(33)34)9-12-7-16(27)21(17(28)8-12)36-13-10-14(25)20(32)15(26)11-13/h7-8,10-11,18-19,32H,4-6,9,29-30H2,1-3H3,(H,33,34)/t18-,19?/m1/s1. The first-order valence-electron chi connectivity index (χ1n) is 11.2. The number of hydrogen-bond donors (Lipinski definition) is 4. The van der Waals surface area contributed by atoms with Gasteiger partial charge in [-0.1, -0.05) is 0 Å².